The molecule has 0 unspecified atom stereocenters. The Morgan fingerprint density at radius 3 is 2.69 bits per heavy atom. The summed E-state index contributed by atoms with van der Waals surface area (Å²) in [6, 6.07) is 16.1. The third-order valence-corrected chi connectivity index (χ3v) is 8.70. The Labute approximate surface area is 209 Å². The van der Waals surface area contributed by atoms with Gasteiger partial charge in [0.15, 0.2) is 0 Å². The second-order valence-electron chi connectivity index (χ2n) is 9.61. The molecule has 2 aromatic heterocycles. The second-order valence-corrected chi connectivity index (χ2v) is 10.7. The van der Waals surface area contributed by atoms with Crippen LogP contribution in [0.3, 0.4) is 0 Å². The summed E-state index contributed by atoms with van der Waals surface area (Å²) in [5.41, 5.74) is 7.46. The number of carbonyl (C=O) groups is 1. The smallest absolute Gasteiger partial charge is 0.310 e. The molecule has 0 spiro atoms. The zero-order valence-electron chi connectivity index (χ0n) is 20.0. The predicted octanol–water partition coefficient (Wildman–Crippen LogP) is 7.31. The van der Waals surface area contributed by atoms with Crippen molar-refractivity contribution in [2.45, 2.75) is 52.1 Å². The van der Waals surface area contributed by atoms with Gasteiger partial charge in [0, 0.05) is 22.3 Å². The standard InChI is InChI=1S/C29H28FN3OS/c1-18-12-13-22(15-19(18)2)31-29(34)33-17-24-23-9-3-4-11-26(23)35-28(24)32-14-6-10-25(32)27(33)20-7-5-8-21(30)16-20/h5-8,10,12-16,27H,3-4,9,11,17H2,1-2H3,(H,31,34)/t27-/m1/s1. The van der Waals surface area contributed by atoms with E-state index in [0.29, 0.717) is 6.54 Å². The van der Waals surface area contributed by atoms with Crippen molar-refractivity contribution in [3.05, 3.63) is 105 Å². The van der Waals surface area contributed by atoms with E-state index in [4.69, 9.17) is 0 Å². The Morgan fingerprint density at radius 1 is 1.00 bits per heavy atom. The summed E-state index contributed by atoms with van der Waals surface area (Å²) in [6.07, 6.45) is 6.62. The average Bonchev–Trinajstić information content (AvgIpc) is 3.43. The van der Waals surface area contributed by atoms with E-state index in [0.717, 1.165) is 35.3 Å². The monoisotopic (exact) mass is 485 g/mol. The van der Waals surface area contributed by atoms with Crippen molar-refractivity contribution in [2.24, 2.45) is 0 Å². The SMILES string of the molecule is Cc1ccc(NC(=O)N2Cc3c(sc4c3CCCC4)-n3cccc3[C@H]2c2cccc(F)c2)cc1C. The predicted molar refractivity (Wildman–Crippen MR) is 139 cm³/mol. The van der Waals surface area contributed by atoms with Gasteiger partial charge in [-0.1, -0.05) is 18.2 Å². The Bertz CT molecular complexity index is 1440. The van der Waals surface area contributed by atoms with Crippen molar-refractivity contribution >= 4 is 23.1 Å². The molecule has 0 fully saturated rings. The molecular formula is C29H28FN3OS. The summed E-state index contributed by atoms with van der Waals surface area (Å²) >= 11 is 1.85. The number of hydrogen-bond acceptors (Lipinski definition) is 2. The summed E-state index contributed by atoms with van der Waals surface area (Å²) in [6.45, 7) is 4.59. The van der Waals surface area contributed by atoms with Crippen molar-refractivity contribution in [3.63, 3.8) is 0 Å². The van der Waals surface area contributed by atoms with Crippen LogP contribution < -0.4 is 5.32 Å². The first-order valence-electron chi connectivity index (χ1n) is 12.2. The maximum absolute atomic E-state index is 14.4. The average molecular weight is 486 g/mol. The van der Waals surface area contributed by atoms with E-state index in [-0.39, 0.29) is 11.8 Å². The Kier molecular flexibility index (Phi) is 5.49. The zero-order valence-corrected chi connectivity index (χ0v) is 20.8. The fourth-order valence-corrected chi connectivity index (χ4v) is 6.83. The minimum Gasteiger partial charge on any atom is -0.310 e. The number of carbonyl (C=O) groups excluding carboxylic acids is 1. The van der Waals surface area contributed by atoms with Gasteiger partial charge in [-0.15, -0.1) is 11.3 Å². The highest BCUT2D eigenvalue weighted by Crippen LogP contribution is 2.44. The molecule has 6 heteroatoms. The summed E-state index contributed by atoms with van der Waals surface area (Å²) in [4.78, 5) is 17.3. The molecule has 1 aliphatic heterocycles. The van der Waals surface area contributed by atoms with Gasteiger partial charge in [-0.05, 0) is 98.2 Å². The van der Waals surface area contributed by atoms with Crippen LogP contribution in [0.15, 0.2) is 60.8 Å². The van der Waals surface area contributed by atoms with Crippen molar-refractivity contribution in [2.75, 3.05) is 5.32 Å². The number of thiophene rings is 1. The molecule has 4 aromatic rings. The van der Waals surface area contributed by atoms with Gasteiger partial charge in [0.2, 0.25) is 0 Å². The number of urea groups is 1. The minimum atomic E-state index is -0.411. The van der Waals surface area contributed by atoms with Crippen LogP contribution in [-0.4, -0.2) is 15.5 Å². The lowest BCUT2D eigenvalue weighted by molar-refractivity contribution is 0.194. The van der Waals surface area contributed by atoms with E-state index >= 15 is 0 Å². The van der Waals surface area contributed by atoms with E-state index in [1.165, 1.54) is 45.5 Å². The first-order chi connectivity index (χ1) is 17.0. The number of fused-ring (bicyclic) bond motifs is 5. The maximum atomic E-state index is 14.4. The number of nitrogens with zero attached hydrogens (tertiary/aromatic N) is 2. The van der Waals surface area contributed by atoms with Crippen LogP contribution in [0.5, 0.6) is 0 Å². The number of amides is 2. The highest BCUT2D eigenvalue weighted by atomic mass is 32.1. The van der Waals surface area contributed by atoms with Crippen LogP contribution in [-0.2, 0) is 19.4 Å². The van der Waals surface area contributed by atoms with E-state index in [9.17, 15) is 9.18 Å². The summed E-state index contributed by atoms with van der Waals surface area (Å²) < 4.78 is 16.6. The summed E-state index contributed by atoms with van der Waals surface area (Å²) in [7, 11) is 0. The first-order valence-corrected chi connectivity index (χ1v) is 13.0. The summed E-state index contributed by atoms with van der Waals surface area (Å²) in [5, 5.41) is 4.33. The van der Waals surface area contributed by atoms with E-state index in [2.05, 4.69) is 29.1 Å². The fraction of sp³-hybridized carbons (Fsp3) is 0.276. The van der Waals surface area contributed by atoms with Crippen molar-refractivity contribution in [1.29, 1.82) is 0 Å². The quantitative estimate of drug-likeness (QED) is 0.318. The number of nitrogens with one attached hydrogen (secondary N) is 1. The Hall–Kier alpha value is -3.38. The van der Waals surface area contributed by atoms with E-state index in [1.807, 2.05) is 53.5 Å². The van der Waals surface area contributed by atoms with Gasteiger partial charge in [-0.2, -0.15) is 0 Å². The molecule has 2 amide bonds. The number of aryl methyl sites for hydroxylation is 3. The molecule has 2 aliphatic rings. The van der Waals surface area contributed by atoms with E-state index in [1.54, 1.807) is 12.1 Å². The Balaban J connectivity index is 1.49. The zero-order chi connectivity index (χ0) is 24.1. The van der Waals surface area contributed by atoms with Crippen LogP contribution in [0, 0.1) is 19.7 Å². The summed E-state index contributed by atoms with van der Waals surface area (Å²) in [5.74, 6) is -0.300. The number of benzene rings is 2. The highest BCUT2D eigenvalue weighted by molar-refractivity contribution is 7.15. The molecule has 178 valence electrons. The third-order valence-electron chi connectivity index (χ3n) is 7.36. The number of rotatable bonds is 2. The molecule has 0 bridgehead atoms. The lowest BCUT2D eigenvalue weighted by atomic mass is 9.95. The van der Waals surface area contributed by atoms with Crippen LogP contribution >= 0.6 is 11.3 Å². The molecule has 35 heavy (non-hydrogen) atoms. The van der Waals surface area contributed by atoms with Gasteiger partial charge in [0.05, 0.1) is 18.3 Å². The third kappa shape index (κ3) is 3.86. The first kappa shape index (κ1) is 22.1. The van der Waals surface area contributed by atoms with Crippen molar-refractivity contribution in [1.82, 2.24) is 9.47 Å². The van der Waals surface area contributed by atoms with Crippen LogP contribution in [0.1, 0.15) is 57.3 Å². The minimum absolute atomic E-state index is 0.182. The number of aromatic nitrogens is 1. The lowest BCUT2D eigenvalue weighted by Gasteiger charge is -2.31. The molecule has 0 saturated heterocycles. The van der Waals surface area contributed by atoms with Crippen LogP contribution in [0.2, 0.25) is 0 Å². The Morgan fingerprint density at radius 2 is 1.86 bits per heavy atom. The van der Waals surface area contributed by atoms with Crippen LogP contribution in [0.25, 0.3) is 5.00 Å². The highest BCUT2D eigenvalue weighted by Gasteiger charge is 2.36. The molecule has 6 rings (SSSR count). The van der Waals surface area contributed by atoms with Gasteiger partial charge < -0.3 is 14.8 Å². The number of anilines is 1. The van der Waals surface area contributed by atoms with Gasteiger partial charge in [-0.25, -0.2) is 9.18 Å². The molecule has 0 saturated carbocycles. The molecule has 3 heterocycles. The molecule has 2 aromatic carbocycles. The molecule has 1 N–H and O–H groups in total. The van der Waals surface area contributed by atoms with Gasteiger partial charge in [-0.3, -0.25) is 0 Å². The second kappa shape index (κ2) is 8.68. The molecular weight excluding hydrogens is 457 g/mol. The number of halogens is 1. The maximum Gasteiger partial charge on any atom is 0.322 e. The van der Waals surface area contributed by atoms with E-state index < -0.39 is 6.04 Å². The molecule has 1 atom stereocenters. The van der Waals surface area contributed by atoms with Crippen molar-refractivity contribution in [3.8, 4) is 5.00 Å². The van der Waals surface area contributed by atoms with Gasteiger partial charge in [0.1, 0.15) is 10.8 Å². The topological polar surface area (TPSA) is 37.3 Å². The molecule has 0 radical (unpaired) electrons. The normalized spacial score (nSPS) is 16.8. The lowest BCUT2D eigenvalue weighted by Crippen LogP contribution is -2.38. The van der Waals surface area contributed by atoms with Crippen LogP contribution in [0.4, 0.5) is 14.9 Å². The largest absolute Gasteiger partial charge is 0.322 e. The molecule has 4 nitrogen and oxygen atoms in total. The van der Waals surface area contributed by atoms with Gasteiger partial charge in [0.25, 0.3) is 0 Å². The van der Waals surface area contributed by atoms with Crippen molar-refractivity contribution < 1.29 is 9.18 Å². The molecule has 1 aliphatic carbocycles. The van der Waals surface area contributed by atoms with Gasteiger partial charge >= 0.3 is 6.03 Å². The fourth-order valence-electron chi connectivity index (χ4n) is 5.43. The number of hydrogen-bond donors (Lipinski definition) is 1.